The minimum absolute atomic E-state index is 0.0307. The first-order valence-corrected chi connectivity index (χ1v) is 8.87. The lowest BCUT2D eigenvalue weighted by Gasteiger charge is -2.27. The molecule has 2 heterocycles. The fraction of sp³-hybridized carbons (Fsp3) is 0.636. The van der Waals surface area contributed by atoms with Crippen molar-refractivity contribution in [3.05, 3.63) is 14.7 Å². The fourth-order valence-corrected chi connectivity index (χ4v) is 5.78. The lowest BCUT2D eigenvalue weighted by atomic mass is 10.1. The van der Waals surface area contributed by atoms with Gasteiger partial charge in [0.15, 0.2) is 0 Å². The van der Waals surface area contributed by atoms with E-state index in [0.29, 0.717) is 11.5 Å². The minimum Gasteiger partial charge on any atom is -0.378 e. The van der Waals surface area contributed by atoms with Crippen LogP contribution in [-0.4, -0.2) is 27.2 Å². The number of rotatable bonds is 3. The summed E-state index contributed by atoms with van der Waals surface area (Å²) in [6.07, 6.45) is 1.57. The molecule has 1 aromatic heterocycles. The quantitative estimate of drug-likeness (QED) is 0.908. The first-order valence-electron chi connectivity index (χ1n) is 5.78. The number of aryl methyl sites for hydroxylation is 1. The lowest BCUT2D eigenvalue weighted by molar-refractivity contribution is 0.0173. The van der Waals surface area contributed by atoms with Crippen LogP contribution in [0.25, 0.3) is 0 Å². The number of ether oxygens (including phenoxy) is 1. The fourth-order valence-electron chi connectivity index (χ4n) is 2.09. The number of sulfonamides is 1. The van der Waals surface area contributed by atoms with Crippen LogP contribution in [0.1, 0.15) is 24.6 Å². The summed E-state index contributed by atoms with van der Waals surface area (Å²) in [4.78, 5) is 1.17. The Labute approximate surface area is 120 Å². The van der Waals surface area contributed by atoms with E-state index in [-0.39, 0.29) is 12.1 Å². The van der Waals surface area contributed by atoms with Crippen molar-refractivity contribution in [3.8, 4) is 0 Å². The highest BCUT2D eigenvalue weighted by molar-refractivity contribution is 9.11. The summed E-state index contributed by atoms with van der Waals surface area (Å²) in [7, 11) is -3.42. The molecule has 0 radical (unpaired) electrons. The average molecular weight is 354 g/mol. The average Bonchev–Trinajstić information content (AvgIpc) is 2.58. The molecule has 0 aromatic carbocycles. The van der Waals surface area contributed by atoms with Gasteiger partial charge in [0.1, 0.15) is 0 Å². The van der Waals surface area contributed by atoms with Gasteiger partial charge in [-0.15, -0.1) is 11.3 Å². The van der Waals surface area contributed by atoms with Gasteiger partial charge < -0.3 is 4.74 Å². The van der Waals surface area contributed by atoms with Gasteiger partial charge in [0.25, 0.3) is 0 Å². The summed E-state index contributed by atoms with van der Waals surface area (Å²) in [6.45, 7) is 4.39. The largest absolute Gasteiger partial charge is 0.378 e. The SMILES string of the molecule is Cc1sc(Br)cc1S(=O)(=O)NC1CCOC(C)C1. The third-order valence-electron chi connectivity index (χ3n) is 2.94. The summed E-state index contributed by atoms with van der Waals surface area (Å²) in [5.74, 6) is 0. The van der Waals surface area contributed by atoms with Crippen LogP contribution in [-0.2, 0) is 14.8 Å². The van der Waals surface area contributed by atoms with Crippen LogP contribution >= 0.6 is 27.3 Å². The maximum absolute atomic E-state index is 12.3. The molecule has 102 valence electrons. The van der Waals surface area contributed by atoms with Crippen LogP contribution in [0.4, 0.5) is 0 Å². The Morgan fingerprint density at radius 3 is 2.83 bits per heavy atom. The number of nitrogens with one attached hydrogen (secondary N) is 1. The van der Waals surface area contributed by atoms with E-state index in [0.717, 1.165) is 21.5 Å². The van der Waals surface area contributed by atoms with Crippen molar-refractivity contribution in [3.63, 3.8) is 0 Å². The molecule has 2 rings (SSSR count). The van der Waals surface area contributed by atoms with Crippen LogP contribution < -0.4 is 4.72 Å². The van der Waals surface area contributed by atoms with Gasteiger partial charge in [-0.3, -0.25) is 0 Å². The van der Waals surface area contributed by atoms with E-state index >= 15 is 0 Å². The highest BCUT2D eigenvalue weighted by atomic mass is 79.9. The topological polar surface area (TPSA) is 55.4 Å². The number of halogens is 1. The standard InChI is InChI=1S/C11H16BrNO3S2/c1-7-5-9(3-4-16-7)13-18(14,15)10-6-11(12)17-8(10)2/h6-7,9,13H,3-5H2,1-2H3. The smallest absolute Gasteiger partial charge is 0.241 e. The van der Waals surface area contributed by atoms with Crippen LogP contribution in [0, 0.1) is 6.92 Å². The maximum Gasteiger partial charge on any atom is 0.241 e. The lowest BCUT2D eigenvalue weighted by Crippen LogP contribution is -2.41. The van der Waals surface area contributed by atoms with Gasteiger partial charge in [0.05, 0.1) is 14.8 Å². The van der Waals surface area contributed by atoms with E-state index in [1.807, 2.05) is 13.8 Å². The molecule has 0 amide bonds. The molecular formula is C11H16BrNO3S2. The first-order chi connectivity index (χ1) is 8.38. The summed E-state index contributed by atoms with van der Waals surface area (Å²) >= 11 is 4.75. The zero-order valence-corrected chi connectivity index (χ0v) is 13.5. The first kappa shape index (κ1) is 14.5. The van der Waals surface area contributed by atoms with E-state index in [9.17, 15) is 8.42 Å². The number of hydrogen-bond acceptors (Lipinski definition) is 4. The Balaban J connectivity index is 2.14. The van der Waals surface area contributed by atoms with Crippen LogP contribution in [0.5, 0.6) is 0 Å². The normalized spacial score (nSPS) is 25.3. The molecule has 1 fully saturated rings. The molecular weight excluding hydrogens is 338 g/mol. The van der Waals surface area contributed by atoms with E-state index in [4.69, 9.17) is 4.74 Å². The Morgan fingerprint density at radius 1 is 1.56 bits per heavy atom. The van der Waals surface area contributed by atoms with Gasteiger partial charge in [-0.25, -0.2) is 13.1 Å². The van der Waals surface area contributed by atoms with Gasteiger partial charge in [0.2, 0.25) is 10.0 Å². The maximum atomic E-state index is 12.3. The third kappa shape index (κ3) is 3.33. The molecule has 4 nitrogen and oxygen atoms in total. The molecule has 0 saturated carbocycles. The van der Waals surface area contributed by atoms with Crippen molar-refractivity contribution in [1.29, 1.82) is 0 Å². The Morgan fingerprint density at radius 2 is 2.28 bits per heavy atom. The zero-order valence-electron chi connectivity index (χ0n) is 10.3. The van der Waals surface area contributed by atoms with E-state index in [1.54, 1.807) is 6.07 Å². The highest BCUT2D eigenvalue weighted by Crippen LogP contribution is 2.30. The number of thiophene rings is 1. The Bertz CT molecular complexity index is 526. The Kier molecular flexibility index (Phi) is 4.48. The molecule has 7 heteroatoms. The number of hydrogen-bond donors (Lipinski definition) is 1. The second-order valence-electron chi connectivity index (χ2n) is 4.49. The van der Waals surface area contributed by atoms with Crippen molar-refractivity contribution in [2.75, 3.05) is 6.61 Å². The molecule has 0 spiro atoms. The molecule has 1 aromatic rings. The van der Waals surface area contributed by atoms with E-state index < -0.39 is 10.0 Å². The van der Waals surface area contributed by atoms with Crippen molar-refractivity contribution >= 4 is 37.3 Å². The molecule has 1 aliphatic rings. The summed E-state index contributed by atoms with van der Waals surface area (Å²) < 4.78 is 33.6. The van der Waals surface area contributed by atoms with Gasteiger partial charge in [-0.1, -0.05) is 0 Å². The van der Waals surface area contributed by atoms with Crippen molar-refractivity contribution in [2.24, 2.45) is 0 Å². The van der Waals surface area contributed by atoms with Crippen LogP contribution in [0.2, 0.25) is 0 Å². The van der Waals surface area contributed by atoms with Gasteiger partial charge in [0, 0.05) is 17.5 Å². The van der Waals surface area contributed by atoms with Crippen LogP contribution in [0.3, 0.4) is 0 Å². The van der Waals surface area contributed by atoms with E-state index in [1.165, 1.54) is 11.3 Å². The summed E-state index contributed by atoms with van der Waals surface area (Å²) in [5.41, 5.74) is 0. The molecule has 1 aliphatic heterocycles. The zero-order chi connectivity index (χ0) is 13.3. The monoisotopic (exact) mass is 353 g/mol. The minimum atomic E-state index is -3.42. The van der Waals surface area contributed by atoms with Gasteiger partial charge >= 0.3 is 0 Å². The highest BCUT2D eigenvalue weighted by Gasteiger charge is 2.26. The molecule has 0 bridgehead atoms. The second-order valence-corrected chi connectivity index (χ2v) is 8.81. The molecule has 2 unspecified atom stereocenters. The third-order valence-corrected chi connectivity index (χ3v) is 6.27. The summed E-state index contributed by atoms with van der Waals surface area (Å²) in [5, 5.41) is 0. The second kappa shape index (κ2) is 5.58. The Hall–Kier alpha value is 0.0500. The van der Waals surface area contributed by atoms with Crippen molar-refractivity contribution in [1.82, 2.24) is 4.72 Å². The summed E-state index contributed by atoms with van der Waals surface area (Å²) in [6, 6.07) is 1.63. The van der Waals surface area contributed by atoms with Crippen LogP contribution in [0.15, 0.2) is 14.7 Å². The molecule has 2 atom stereocenters. The molecule has 0 aliphatic carbocycles. The van der Waals surface area contributed by atoms with Gasteiger partial charge in [-0.05, 0) is 48.7 Å². The molecule has 1 N–H and O–H groups in total. The van der Waals surface area contributed by atoms with Crippen molar-refractivity contribution in [2.45, 2.75) is 43.7 Å². The van der Waals surface area contributed by atoms with Crippen molar-refractivity contribution < 1.29 is 13.2 Å². The molecule has 1 saturated heterocycles. The van der Waals surface area contributed by atoms with E-state index in [2.05, 4.69) is 20.7 Å². The predicted octanol–water partition coefficient (Wildman–Crippen LogP) is 2.66. The molecule has 18 heavy (non-hydrogen) atoms. The predicted molar refractivity (Wildman–Crippen MR) is 75.5 cm³/mol. The van der Waals surface area contributed by atoms with Gasteiger partial charge in [-0.2, -0.15) is 0 Å².